The molecule has 206 valence electrons. The quantitative estimate of drug-likeness (QED) is 0.367. The minimum absolute atomic E-state index is 0.102. The van der Waals surface area contributed by atoms with Crippen molar-refractivity contribution in [3.8, 4) is 5.75 Å². The predicted octanol–water partition coefficient (Wildman–Crippen LogP) is 5.24. The fourth-order valence-electron chi connectivity index (χ4n) is 3.41. The molecule has 13 heteroatoms. The van der Waals surface area contributed by atoms with Crippen LogP contribution < -0.4 is 15.0 Å². The topological polar surface area (TPSA) is 94.2 Å². The molecule has 1 atom stereocenters. The number of amides is 2. The van der Waals surface area contributed by atoms with E-state index in [0.717, 1.165) is 12.1 Å². The Hall–Kier alpha value is -3.48. The minimum Gasteiger partial charge on any atom is -0.465 e. The molecule has 1 heterocycles. The summed E-state index contributed by atoms with van der Waals surface area (Å²) in [5.41, 5.74) is 0.180. The van der Waals surface area contributed by atoms with Crippen LogP contribution in [0.5, 0.6) is 5.75 Å². The van der Waals surface area contributed by atoms with E-state index in [-0.39, 0.29) is 17.9 Å². The summed E-state index contributed by atoms with van der Waals surface area (Å²) in [6, 6.07) is 8.47. The first-order valence-corrected chi connectivity index (χ1v) is 12.3. The predicted molar refractivity (Wildman–Crippen MR) is 131 cm³/mol. The lowest BCUT2D eigenvalue weighted by Crippen LogP contribution is -2.50. The Bertz CT molecular complexity index is 1190. The minimum atomic E-state index is -4.66. The highest BCUT2D eigenvalue weighted by atomic mass is 32.2. The third-order valence-corrected chi connectivity index (χ3v) is 6.26. The van der Waals surface area contributed by atoms with E-state index < -0.39 is 47.9 Å². The second kappa shape index (κ2) is 11.5. The number of carbonyl (C=O) groups excluding carboxylic acids is 3. The number of hydrogen-bond donors (Lipinski definition) is 1. The third-order valence-electron chi connectivity index (χ3n) is 5.10. The van der Waals surface area contributed by atoms with Crippen molar-refractivity contribution < 1.29 is 46.2 Å². The van der Waals surface area contributed by atoms with E-state index in [1.807, 2.05) is 0 Å². The molecule has 8 nitrogen and oxygen atoms in total. The summed E-state index contributed by atoms with van der Waals surface area (Å²) in [7, 11) is 1.22. The van der Waals surface area contributed by atoms with Gasteiger partial charge in [-0.05, 0) is 56.7 Å². The van der Waals surface area contributed by atoms with Crippen molar-refractivity contribution in [1.29, 1.82) is 0 Å². The molecule has 0 fully saturated rings. The van der Waals surface area contributed by atoms with Gasteiger partial charge in [-0.3, -0.25) is 4.79 Å². The van der Waals surface area contributed by atoms with Crippen molar-refractivity contribution in [1.82, 2.24) is 5.32 Å². The number of nitrogens with zero attached hydrogens (tertiary/aromatic N) is 1. The second-order valence-corrected chi connectivity index (χ2v) is 10.3. The average molecular weight is 559 g/mol. The number of ether oxygens (including phenoxy) is 3. The number of esters is 1. The summed E-state index contributed by atoms with van der Waals surface area (Å²) in [6.45, 7) is 4.93. The van der Waals surface area contributed by atoms with Gasteiger partial charge in [0.25, 0.3) is 5.91 Å². The van der Waals surface area contributed by atoms with E-state index in [4.69, 9.17) is 9.47 Å². The van der Waals surface area contributed by atoms with Crippen LogP contribution in [0.1, 0.15) is 36.7 Å². The molecule has 1 N–H and O–H groups in total. The first kappa shape index (κ1) is 29.1. The Labute approximate surface area is 220 Å². The average Bonchev–Trinajstić information content (AvgIpc) is 2.95. The number of alkyl halides is 4. The molecule has 38 heavy (non-hydrogen) atoms. The van der Waals surface area contributed by atoms with Gasteiger partial charge >= 0.3 is 24.6 Å². The highest BCUT2D eigenvalue weighted by Gasteiger charge is 2.44. The van der Waals surface area contributed by atoms with Gasteiger partial charge in [-0.1, -0.05) is 12.1 Å². The van der Waals surface area contributed by atoms with E-state index in [0.29, 0.717) is 16.1 Å². The van der Waals surface area contributed by atoms with Crippen LogP contribution in [0.15, 0.2) is 47.4 Å². The van der Waals surface area contributed by atoms with Gasteiger partial charge in [-0.15, -0.1) is 11.8 Å². The van der Waals surface area contributed by atoms with Gasteiger partial charge in [0.05, 0.1) is 24.9 Å². The second-order valence-electron chi connectivity index (χ2n) is 9.22. The van der Waals surface area contributed by atoms with Gasteiger partial charge in [-0.2, -0.15) is 17.6 Å². The summed E-state index contributed by atoms with van der Waals surface area (Å²) in [5, 5.41) is 2.57. The van der Waals surface area contributed by atoms with Crippen LogP contribution in [-0.2, 0) is 20.8 Å². The molecular weight excluding hydrogens is 532 g/mol. The molecule has 0 bridgehead atoms. The maximum Gasteiger partial charge on any atom is 0.461 e. The summed E-state index contributed by atoms with van der Waals surface area (Å²) in [5.74, 6) is -1.48. The molecule has 1 aliphatic heterocycles. The summed E-state index contributed by atoms with van der Waals surface area (Å²) < 4.78 is 65.5. The first-order valence-electron chi connectivity index (χ1n) is 11.3. The maximum atomic E-state index is 13.6. The highest BCUT2D eigenvalue weighted by molar-refractivity contribution is 7.99. The first-order chi connectivity index (χ1) is 17.7. The molecule has 2 aromatic carbocycles. The number of hydrogen-bond acceptors (Lipinski definition) is 7. The van der Waals surface area contributed by atoms with Gasteiger partial charge in [-0.25, -0.2) is 9.59 Å². The lowest BCUT2D eigenvalue weighted by atomic mass is 10.1. The van der Waals surface area contributed by atoms with Gasteiger partial charge in [0, 0.05) is 10.6 Å². The SMILES string of the molecule is COC(=O)c1ccc2c(c1)N(Cc1ccc(OC(F)(F)C(F)F)cc1)C(=O)[C@@H](NC(=O)OC(C)(C)C)CS2. The number of fused-ring (bicyclic) bond motifs is 1. The fourth-order valence-corrected chi connectivity index (χ4v) is 4.46. The van der Waals surface area contributed by atoms with Gasteiger partial charge in [0.2, 0.25) is 0 Å². The number of thioether (sulfide) groups is 1. The van der Waals surface area contributed by atoms with Gasteiger partial charge < -0.3 is 24.4 Å². The summed E-state index contributed by atoms with van der Waals surface area (Å²) >= 11 is 1.28. The van der Waals surface area contributed by atoms with E-state index in [1.165, 1.54) is 48.0 Å². The third kappa shape index (κ3) is 7.30. The largest absolute Gasteiger partial charge is 0.465 e. The molecule has 0 saturated heterocycles. The monoisotopic (exact) mass is 558 g/mol. The molecule has 0 spiro atoms. The number of anilines is 1. The molecule has 0 radical (unpaired) electrons. The van der Waals surface area contributed by atoms with Gasteiger partial charge in [0.15, 0.2) is 0 Å². The van der Waals surface area contributed by atoms with Crippen molar-refractivity contribution in [3.05, 3.63) is 53.6 Å². The van der Waals surface area contributed by atoms with Crippen LogP contribution >= 0.6 is 11.8 Å². The van der Waals surface area contributed by atoms with Crippen LogP contribution in [0.3, 0.4) is 0 Å². The van der Waals surface area contributed by atoms with Crippen molar-refractivity contribution >= 4 is 35.4 Å². The van der Waals surface area contributed by atoms with E-state index in [2.05, 4.69) is 10.1 Å². The molecule has 0 aliphatic carbocycles. The molecule has 2 aromatic rings. The molecule has 0 aromatic heterocycles. The zero-order chi connectivity index (χ0) is 28.3. The molecule has 2 amide bonds. The number of halogens is 4. The van der Waals surface area contributed by atoms with E-state index in [1.54, 1.807) is 26.8 Å². The number of benzene rings is 2. The van der Waals surface area contributed by atoms with E-state index >= 15 is 0 Å². The normalized spacial score (nSPS) is 16.0. The van der Waals surface area contributed by atoms with Crippen molar-refractivity contribution in [2.75, 3.05) is 17.8 Å². The zero-order valence-electron chi connectivity index (χ0n) is 20.9. The summed E-state index contributed by atoms with van der Waals surface area (Å²) in [4.78, 5) is 40.1. The molecule has 3 rings (SSSR count). The van der Waals surface area contributed by atoms with Crippen LogP contribution in [0.2, 0.25) is 0 Å². The zero-order valence-corrected chi connectivity index (χ0v) is 21.7. The number of alkyl carbamates (subject to hydrolysis) is 1. The van der Waals surface area contributed by atoms with Crippen LogP contribution in [0.25, 0.3) is 0 Å². The Balaban J connectivity index is 1.92. The Morgan fingerprint density at radius 1 is 1.13 bits per heavy atom. The number of methoxy groups -OCH3 is 1. The maximum absolute atomic E-state index is 13.6. The number of rotatable bonds is 7. The number of carbonyl (C=O) groups is 3. The summed E-state index contributed by atoms with van der Waals surface area (Å²) in [6.07, 6.45) is -9.47. The Kier molecular flexibility index (Phi) is 8.80. The van der Waals surface area contributed by atoms with Crippen molar-refractivity contribution in [2.45, 2.75) is 56.4 Å². The van der Waals surface area contributed by atoms with Crippen molar-refractivity contribution in [2.24, 2.45) is 0 Å². The van der Waals surface area contributed by atoms with Gasteiger partial charge in [0.1, 0.15) is 17.4 Å². The molecule has 0 unspecified atom stereocenters. The fraction of sp³-hybridized carbons (Fsp3) is 0.400. The van der Waals surface area contributed by atoms with Crippen molar-refractivity contribution in [3.63, 3.8) is 0 Å². The molecular formula is C25H26F4N2O6S. The molecule has 0 saturated carbocycles. The molecule has 1 aliphatic rings. The lowest BCUT2D eigenvalue weighted by Gasteiger charge is -2.27. The van der Waals surface area contributed by atoms with Crippen LogP contribution in [0.4, 0.5) is 28.0 Å². The Morgan fingerprint density at radius 3 is 2.37 bits per heavy atom. The standard InChI is InChI=1S/C25H26F4N2O6S/c1-24(2,3)37-23(34)30-17-13-38-19-10-7-15(21(33)35-4)11-18(19)31(20(17)32)12-14-5-8-16(9-6-14)36-25(28,29)22(26)27/h5-11,17,22H,12-13H2,1-4H3,(H,30,34)/t17-/m0/s1. The van der Waals surface area contributed by atoms with E-state index in [9.17, 15) is 31.9 Å². The number of nitrogens with one attached hydrogen (secondary N) is 1. The van der Waals surface area contributed by atoms with Crippen LogP contribution in [-0.4, -0.2) is 55.0 Å². The highest BCUT2D eigenvalue weighted by Crippen LogP contribution is 2.37. The Morgan fingerprint density at radius 2 is 1.79 bits per heavy atom. The van der Waals surface area contributed by atoms with Crippen LogP contribution in [0, 0.1) is 0 Å². The lowest BCUT2D eigenvalue weighted by molar-refractivity contribution is -0.253. The smallest absolute Gasteiger partial charge is 0.461 e.